The molecule has 0 unspecified atom stereocenters. The molecule has 3 rings (SSSR count). The molecule has 1 saturated carbocycles. The third-order valence-corrected chi connectivity index (χ3v) is 8.00. The summed E-state index contributed by atoms with van der Waals surface area (Å²) >= 11 is 4.67. The maximum atomic E-state index is 13.0. The first-order valence-corrected chi connectivity index (χ1v) is 12.3. The van der Waals surface area contributed by atoms with Gasteiger partial charge in [0.15, 0.2) is 5.13 Å². The van der Waals surface area contributed by atoms with Crippen molar-refractivity contribution >= 4 is 54.0 Å². The standard InChI is InChI=1S/C19H24BrN3O3S2/c1-11(2)14-9-12(20)5-8-15(14)21-17(24)19(3,4)16-10-27-18(22-16)23-28(25,26)13-6-7-13/h5,8-11,13H,6-7H2,1-4H3,(H,21,24)(H,22,23). The van der Waals surface area contributed by atoms with Crippen molar-refractivity contribution in [2.45, 2.75) is 57.1 Å². The molecule has 0 atom stereocenters. The summed E-state index contributed by atoms with van der Waals surface area (Å²) in [5.41, 5.74) is 1.42. The zero-order chi connectivity index (χ0) is 20.7. The van der Waals surface area contributed by atoms with Crippen LogP contribution in [0.4, 0.5) is 10.8 Å². The molecule has 0 spiro atoms. The van der Waals surface area contributed by atoms with Crippen molar-refractivity contribution in [3.8, 4) is 0 Å². The van der Waals surface area contributed by atoms with Crippen LogP contribution in [0, 0.1) is 0 Å². The number of nitrogens with zero attached hydrogens (tertiary/aromatic N) is 1. The zero-order valence-electron chi connectivity index (χ0n) is 16.2. The van der Waals surface area contributed by atoms with Gasteiger partial charge < -0.3 is 5.32 Å². The van der Waals surface area contributed by atoms with Crippen LogP contribution in [0.25, 0.3) is 0 Å². The van der Waals surface area contributed by atoms with Gasteiger partial charge in [-0.2, -0.15) is 0 Å². The molecule has 0 bridgehead atoms. The summed E-state index contributed by atoms with van der Waals surface area (Å²) < 4.78 is 27.7. The number of carbonyl (C=O) groups is 1. The minimum absolute atomic E-state index is 0.196. The SMILES string of the molecule is CC(C)c1cc(Br)ccc1NC(=O)C(C)(C)c1csc(NS(=O)(=O)C2CC2)n1. The summed E-state index contributed by atoms with van der Waals surface area (Å²) in [7, 11) is -3.37. The second-order valence-electron chi connectivity index (χ2n) is 7.85. The molecule has 0 radical (unpaired) electrons. The first-order chi connectivity index (χ1) is 13.0. The van der Waals surface area contributed by atoms with Gasteiger partial charge in [0.2, 0.25) is 15.9 Å². The second kappa shape index (κ2) is 7.76. The molecule has 152 valence electrons. The van der Waals surface area contributed by atoms with Gasteiger partial charge in [0.1, 0.15) is 0 Å². The summed E-state index contributed by atoms with van der Waals surface area (Å²) in [4.78, 5) is 17.4. The van der Waals surface area contributed by atoms with Gasteiger partial charge in [-0.25, -0.2) is 13.4 Å². The number of anilines is 2. The van der Waals surface area contributed by atoms with Gasteiger partial charge in [0.25, 0.3) is 0 Å². The van der Waals surface area contributed by atoms with Crippen molar-refractivity contribution in [3.63, 3.8) is 0 Å². The Morgan fingerprint density at radius 3 is 2.61 bits per heavy atom. The molecule has 1 aliphatic carbocycles. The second-order valence-corrected chi connectivity index (χ2v) is 11.6. The fourth-order valence-electron chi connectivity index (χ4n) is 2.71. The number of hydrogen-bond acceptors (Lipinski definition) is 5. The Bertz CT molecular complexity index is 996. The summed E-state index contributed by atoms with van der Waals surface area (Å²) in [5, 5.41) is 4.72. The number of benzene rings is 1. The first-order valence-electron chi connectivity index (χ1n) is 9.09. The molecule has 28 heavy (non-hydrogen) atoms. The highest BCUT2D eigenvalue weighted by Crippen LogP contribution is 2.34. The summed E-state index contributed by atoms with van der Waals surface area (Å²) in [6.45, 7) is 7.71. The monoisotopic (exact) mass is 485 g/mol. The quantitative estimate of drug-likeness (QED) is 0.586. The van der Waals surface area contributed by atoms with Gasteiger partial charge in [0, 0.05) is 15.5 Å². The van der Waals surface area contributed by atoms with Crippen LogP contribution in [0.5, 0.6) is 0 Å². The van der Waals surface area contributed by atoms with Gasteiger partial charge >= 0.3 is 0 Å². The van der Waals surface area contributed by atoms with E-state index >= 15 is 0 Å². The van der Waals surface area contributed by atoms with E-state index in [9.17, 15) is 13.2 Å². The number of thiazole rings is 1. The predicted molar refractivity (Wildman–Crippen MR) is 118 cm³/mol. The molecule has 0 aliphatic heterocycles. The van der Waals surface area contributed by atoms with Crippen LogP contribution in [-0.4, -0.2) is 24.6 Å². The average molecular weight is 486 g/mol. The predicted octanol–water partition coefficient (Wildman–Crippen LogP) is 4.85. The van der Waals surface area contributed by atoms with E-state index in [-0.39, 0.29) is 17.1 Å². The van der Waals surface area contributed by atoms with Gasteiger partial charge in [-0.05, 0) is 56.4 Å². The van der Waals surface area contributed by atoms with E-state index in [1.54, 1.807) is 19.2 Å². The Labute approximate surface area is 178 Å². The van der Waals surface area contributed by atoms with Crippen LogP contribution in [-0.2, 0) is 20.2 Å². The molecule has 1 fully saturated rings. The third kappa shape index (κ3) is 4.58. The van der Waals surface area contributed by atoms with E-state index in [2.05, 4.69) is 44.8 Å². The molecule has 6 nitrogen and oxygen atoms in total. The van der Waals surface area contributed by atoms with Crippen LogP contribution < -0.4 is 10.0 Å². The average Bonchev–Trinajstić information content (AvgIpc) is 3.37. The van der Waals surface area contributed by atoms with Crippen LogP contribution in [0.3, 0.4) is 0 Å². The van der Waals surface area contributed by atoms with E-state index in [1.165, 1.54) is 11.3 Å². The molecule has 0 saturated heterocycles. The number of rotatable bonds is 7. The zero-order valence-corrected chi connectivity index (χ0v) is 19.5. The highest BCUT2D eigenvalue weighted by atomic mass is 79.9. The summed E-state index contributed by atoms with van der Waals surface area (Å²) in [6.07, 6.45) is 1.37. The lowest BCUT2D eigenvalue weighted by atomic mass is 9.88. The van der Waals surface area contributed by atoms with E-state index in [0.717, 1.165) is 15.7 Å². The van der Waals surface area contributed by atoms with E-state index in [0.29, 0.717) is 23.7 Å². The fourth-order valence-corrected chi connectivity index (χ4v) is 5.56. The number of hydrogen-bond donors (Lipinski definition) is 2. The van der Waals surface area contributed by atoms with Crippen molar-refractivity contribution in [3.05, 3.63) is 39.3 Å². The number of sulfonamides is 1. The summed E-state index contributed by atoms with van der Waals surface area (Å²) in [6, 6.07) is 5.77. The number of nitrogens with one attached hydrogen (secondary N) is 2. The Morgan fingerprint density at radius 1 is 1.32 bits per heavy atom. The van der Waals surface area contributed by atoms with Crippen LogP contribution in [0.2, 0.25) is 0 Å². The van der Waals surface area contributed by atoms with Crippen molar-refractivity contribution in [1.29, 1.82) is 0 Å². The molecule has 1 aliphatic rings. The lowest BCUT2D eigenvalue weighted by Gasteiger charge is -2.23. The van der Waals surface area contributed by atoms with Gasteiger partial charge in [0.05, 0.1) is 16.4 Å². The number of amides is 1. The van der Waals surface area contributed by atoms with Crippen molar-refractivity contribution < 1.29 is 13.2 Å². The number of carbonyl (C=O) groups excluding carboxylic acids is 1. The van der Waals surface area contributed by atoms with Crippen molar-refractivity contribution in [2.75, 3.05) is 10.0 Å². The topological polar surface area (TPSA) is 88.2 Å². The van der Waals surface area contributed by atoms with E-state index < -0.39 is 15.4 Å². The normalized spacial score (nSPS) is 14.9. The fraction of sp³-hybridized carbons (Fsp3) is 0.474. The third-order valence-electron chi connectivity index (χ3n) is 4.79. The molecule has 1 aromatic carbocycles. The number of aromatic nitrogens is 1. The van der Waals surface area contributed by atoms with Crippen LogP contribution in [0.1, 0.15) is 57.7 Å². The minimum Gasteiger partial charge on any atom is -0.325 e. The van der Waals surface area contributed by atoms with Gasteiger partial charge in [-0.15, -0.1) is 11.3 Å². The Kier molecular flexibility index (Phi) is 5.89. The molecule has 1 amide bonds. The largest absolute Gasteiger partial charge is 0.325 e. The van der Waals surface area contributed by atoms with Crippen LogP contribution in [0.15, 0.2) is 28.1 Å². The molecular formula is C19H24BrN3O3S2. The smallest absolute Gasteiger partial charge is 0.237 e. The minimum atomic E-state index is -3.37. The molecule has 9 heteroatoms. The van der Waals surface area contributed by atoms with Crippen LogP contribution >= 0.6 is 27.3 Å². The Balaban J connectivity index is 1.78. The maximum Gasteiger partial charge on any atom is 0.237 e. The highest BCUT2D eigenvalue weighted by Gasteiger charge is 2.37. The van der Waals surface area contributed by atoms with Crippen molar-refractivity contribution in [1.82, 2.24) is 4.98 Å². The van der Waals surface area contributed by atoms with E-state index in [4.69, 9.17) is 0 Å². The lowest BCUT2D eigenvalue weighted by Crippen LogP contribution is -2.35. The number of halogens is 1. The molecule has 2 aromatic rings. The lowest BCUT2D eigenvalue weighted by molar-refractivity contribution is -0.120. The Hall–Kier alpha value is -1.45. The summed E-state index contributed by atoms with van der Waals surface area (Å²) in [5.74, 6) is 0.0530. The molecule has 2 N–H and O–H groups in total. The van der Waals surface area contributed by atoms with Gasteiger partial charge in [-0.1, -0.05) is 29.8 Å². The molecular weight excluding hydrogens is 462 g/mol. The Morgan fingerprint density at radius 2 is 2.00 bits per heavy atom. The van der Waals surface area contributed by atoms with Gasteiger partial charge in [-0.3, -0.25) is 9.52 Å². The first kappa shape index (κ1) is 21.3. The maximum absolute atomic E-state index is 13.0. The molecule has 1 aromatic heterocycles. The van der Waals surface area contributed by atoms with E-state index in [1.807, 2.05) is 18.2 Å². The van der Waals surface area contributed by atoms with Crippen molar-refractivity contribution in [2.24, 2.45) is 0 Å². The highest BCUT2D eigenvalue weighted by molar-refractivity contribution is 9.10. The molecule has 1 heterocycles.